The number of methoxy groups -OCH3 is 1. The largest absolute Gasteiger partial charge is 0.493 e. The molecule has 1 aromatic carbocycles. The molecule has 0 radical (unpaired) electrons. The number of ether oxygens (including phenoxy) is 2. The van der Waals surface area contributed by atoms with Gasteiger partial charge in [-0.05, 0) is 25.5 Å². The van der Waals surface area contributed by atoms with Crippen molar-refractivity contribution in [3.63, 3.8) is 0 Å². The van der Waals surface area contributed by atoms with E-state index in [1.54, 1.807) is 23.1 Å². The monoisotopic (exact) mass is 327 g/mol. The van der Waals surface area contributed by atoms with E-state index in [-0.39, 0.29) is 30.1 Å². The Bertz CT molecular complexity index is 629. The lowest BCUT2D eigenvalue weighted by molar-refractivity contribution is -0.135. The summed E-state index contributed by atoms with van der Waals surface area (Å²) in [5.41, 5.74) is 0. The third-order valence-electron chi connectivity index (χ3n) is 3.73. The van der Waals surface area contributed by atoms with Gasteiger partial charge in [-0.3, -0.25) is 4.79 Å². The van der Waals surface area contributed by atoms with Crippen LogP contribution in [0.3, 0.4) is 0 Å². The fourth-order valence-electron chi connectivity index (χ4n) is 2.62. The molecule has 1 heterocycles. The molecule has 22 heavy (non-hydrogen) atoms. The molecule has 2 rings (SSSR count). The summed E-state index contributed by atoms with van der Waals surface area (Å²) < 4.78 is 33.8. The zero-order valence-corrected chi connectivity index (χ0v) is 13.6. The normalized spacial score (nSPS) is 19.6. The van der Waals surface area contributed by atoms with Gasteiger partial charge in [0.25, 0.3) is 5.91 Å². The van der Waals surface area contributed by atoms with Crippen molar-refractivity contribution >= 4 is 15.7 Å². The maximum atomic E-state index is 12.3. The van der Waals surface area contributed by atoms with Crippen molar-refractivity contribution in [2.75, 3.05) is 31.8 Å². The Kier molecular flexibility index (Phi) is 5.28. The van der Waals surface area contributed by atoms with Gasteiger partial charge in [-0.2, -0.15) is 0 Å². The number of amides is 1. The topological polar surface area (TPSA) is 72.9 Å². The summed E-state index contributed by atoms with van der Waals surface area (Å²) in [6.45, 7) is 2.17. The molecular formula is C15H21NO5S. The second-order valence-electron chi connectivity index (χ2n) is 5.18. The highest BCUT2D eigenvalue weighted by Gasteiger charge is 2.33. The van der Waals surface area contributed by atoms with E-state index in [1.807, 2.05) is 13.0 Å². The van der Waals surface area contributed by atoms with Crippen LogP contribution in [0.1, 0.15) is 13.3 Å². The zero-order chi connectivity index (χ0) is 16.2. The molecule has 122 valence electrons. The van der Waals surface area contributed by atoms with Gasteiger partial charge in [-0.1, -0.05) is 12.1 Å². The van der Waals surface area contributed by atoms with E-state index < -0.39 is 9.84 Å². The third-order valence-corrected chi connectivity index (χ3v) is 5.48. The highest BCUT2D eigenvalue weighted by atomic mass is 32.2. The number of rotatable bonds is 6. The smallest absolute Gasteiger partial charge is 0.260 e. The lowest BCUT2D eigenvalue weighted by atomic mass is 10.2. The van der Waals surface area contributed by atoms with Crippen LogP contribution in [0.4, 0.5) is 0 Å². The molecule has 0 aromatic heterocycles. The molecule has 6 nitrogen and oxygen atoms in total. The number of likely N-dealkylation sites (N-methyl/N-ethyl adjacent to an activating group) is 1. The van der Waals surface area contributed by atoms with E-state index in [1.165, 1.54) is 7.11 Å². The Morgan fingerprint density at radius 3 is 2.55 bits per heavy atom. The van der Waals surface area contributed by atoms with Crippen molar-refractivity contribution in [1.82, 2.24) is 4.90 Å². The third kappa shape index (κ3) is 3.91. The van der Waals surface area contributed by atoms with Crippen LogP contribution in [0.25, 0.3) is 0 Å². The number of nitrogens with zero attached hydrogens (tertiary/aromatic N) is 1. The van der Waals surface area contributed by atoms with E-state index in [0.29, 0.717) is 24.5 Å². The Morgan fingerprint density at radius 1 is 1.32 bits per heavy atom. The van der Waals surface area contributed by atoms with Crippen molar-refractivity contribution in [3.05, 3.63) is 24.3 Å². The maximum Gasteiger partial charge on any atom is 0.260 e. The van der Waals surface area contributed by atoms with Gasteiger partial charge < -0.3 is 14.4 Å². The quantitative estimate of drug-likeness (QED) is 0.782. The average molecular weight is 327 g/mol. The molecule has 1 fully saturated rings. The number of benzene rings is 1. The molecule has 1 unspecified atom stereocenters. The summed E-state index contributed by atoms with van der Waals surface area (Å²) in [6, 6.07) is 6.84. The fraction of sp³-hybridized carbons (Fsp3) is 0.533. The molecule has 7 heteroatoms. The highest BCUT2D eigenvalue weighted by molar-refractivity contribution is 7.91. The minimum absolute atomic E-state index is 0.0429. The van der Waals surface area contributed by atoms with Gasteiger partial charge in [0.15, 0.2) is 27.9 Å². The molecule has 1 atom stereocenters. The van der Waals surface area contributed by atoms with Gasteiger partial charge in [0.2, 0.25) is 0 Å². The number of para-hydroxylation sites is 2. The minimum atomic E-state index is -3.02. The van der Waals surface area contributed by atoms with Crippen molar-refractivity contribution in [2.45, 2.75) is 19.4 Å². The molecule has 0 aliphatic carbocycles. The lowest BCUT2D eigenvalue weighted by Crippen LogP contribution is -2.43. The van der Waals surface area contributed by atoms with Crippen LogP contribution < -0.4 is 9.47 Å². The molecule has 1 aromatic rings. The van der Waals surface area contributed by atoms with Crippen LogP contribution in [0.15, 0.2) is 24.3 Å². The lowest BCUT2D eigenvalue weighted by Gasteiger charge is -2.26. The first-order valence-corrected chi connectivity index (χ1v) is 9.04. The molecule has 0 N–H and O–H groups in total. The molecule has 0 saturated carbocycles. The zero-order valence-electron chi connectivity index (χ0n) is 12.8. The highest BCUT2D eigenvalue weighted by Crippen LogP contribution is 2.26. The second-order valence-corrected chi connectivity index (χ2v) is 7.40. The standard InChI is InChI=1S/C15H21NO5S/c1-3-16(12-8-9-22(18,19)11-12)15(17)10-21-14-7-5-4-6-13(14)20-2/h4-7,12H,3,8-11H2,1-2H3. The molecular weight excluding hydrogens is 306 g/mol. The Labute approximate surface area is 130 Å². The Hall–Kier alpha value is -1.76. The van der Waals surface area contributed by atoms with Gasteiger partial charge in [-0.25, -0.2) is 8.42 Å². The average Bonchev–Trinajstić information content (AvgIpc) is 2.86. The van der Waals surface area contributed by atoms with Crippen LogP contribution in [-0.2, 0) is 14.6 Å². The second kappa shape index (κ2) is 7.00. The van der Waals surface area contributed by atoms with Gasteiger partial charge in [0.05, 0.1) is 18.6 Å². The SMILES string of the molecule is CCN(C(=O)COc1ccccc1OC)C1CCS(=O)(=O)C1. The van der Waals surface area contributed by atoms with E-state index in [4.69, 9.17) is 9.47 Å². The number of sulfone groups is 1. The van der Waals surface area contributed by atoms with Crippen molar-refractivity contribution in [1.29, 1.82) is 0 Å². The maximum absolute atomic E-state index is 12.3. The summed E-state index contributed by atoms with van der Waals surface area (Å²) in [7, 11) is -1.48. The van der Waals surface area contributed by atoms with Crippen molar-refractivity contribution in [2.24, 2.45) is 0 Å². The fourth-order valence-corrected chi connectivity index (χ4v) is 4.35. The predicted molar refractivity (Wildman–Crippen MR) is 82.9 cm³/mol. The molecule has 1 aliphatic rings. The van der Waals surface area contributed by atoms with Crippen LogP contribution >= 0.6 is 0 Å². The van der Waals surface area contributed by atoms with Crippen LogP contribution in [0.2, 0.25) is 0 Å². The summed E-state index contributed by atoms with van der Waals surface area (Å²) in [6.07, 6.45) is 0.497. The summed E-state index contributed by atoms with van der Waals surface area (Å²) in [5, 5.41) is 0. The first-order chi connectivity index (χ1) is 10.5. The van der Waals surface area contributed by atoms with E-state index >= 15 is 0 Å². The van der Waals surface area contributed by atoms with E-state index in [9.17, 15) is 13.2 Å². The predicted octanol–water partition coefficient (Wildman–Crippen LogP) is 1.11. The minimum Gasteiger partial charge on any atom is -0.493 e. The summed E-state index contributed by atoms with van der Waals surface area (Å²) in [5.74, 6) is 1.03. The van der Waals surface area contributed by atoms with Gasteiger partial charge in [-0.15, -0.1) is 0 Å². The van der Waals surface area contributed by atoms with E-state index in [0.717, 1.165) is 0 Å². The first kappa shape index (κ1) is 16.6. The van der Waals surface area contributed by atoms with Crippen LogP contribution in [0, 0.1) is 0 Å². The molecule has 0 bridgehead atoms. The van der Waals surface area contributed by atoms with Crippen LogP contribution in [0.5, 0.6) is 11.5 Å². The van der Waals surface area contributed by atoms with E-state index in [2.05, 4.69) is 0 Å². The number of hydrogen-bond donors (Lipinski definition) is 0. The molecule has 1 aliphatic heterocycles. The van der Waals surface area contributed by atoms with Crippen LogP contribution in [-0.4, -0.2) is 57.0 Å². The van der Waals surface area contributed by atoms with Crippen molar-refractivity contribution < 1.29 is 22.7 Å². The molecule has 1 saturated heterocycles. The summed E-state index contributed by atoms with van der Waals surface area (Å²) in [4.78, 5) is 13.9. The number of carbonyl (C=O) groups is 1. The first-order valence-electron chi connectivity index (χ1n) is 7.22. The number of hydrogen-bond acceptors (Lipinski definition) is 5. The van der Waals surface area contributed by atoms with Crippen molar-refractivity contribution in [3.8, 4) is 11.5 Å². The summed E-state index contributed by atoms with van der Waals surface area (Å²) >= 11 is 0. The molecule has 1 amide bonds. The van der Waals surface area contributed by atoms with Gasteiger partial charge >= 0.3 is 0 Å². The Morgan fingerprint density at radius 2 is 2.00 bits per heavy atom. The number of carbonyl (C=O) groups excluding carboxylic acids is 1. The van der Waals surface area contributed by atoms with Gasteiger partial charge in [0, 0.05) is 12.6 Å². The molecule has 0 spiro atoms. The van der Waals surface area contributed by atoms with Gasteiger partial charge in [0.1, 0.15) is 0 Å². The Balaban J connectivity index is 1.98.